The van der Waals surface area contributed by atoms with Gasteiger partial charge in [0.15, 0.2) is 5.78 Å². The van der Waals surface area contributed by atoms with Crippen LogP contribution in [-0.4, -0.2) is 12.4 Å². The number of benzene rings is 2. The molecule has 0 aliphatic heterocycles. The lowest BCUT2D eigenvalue weighted by Gasteiger charge is -2.02. The van der Waals surface area contributed by atoms with E-state index in [9.17, 15) is 9.59 Å². The van der Waals surface area contributed by atoms with Crippen molar-refractivity contribution in [3.05, 3.63) is 82.2 Å². The minimum Gasteiger partial charge on any atom is -0.494 e. The molecule has 0 unspecified atom stereocenters. The molecule has 0 spiro atoms. The summed E-state index contributed by atoms with van der Waals surface area (Å²) >= 11 is 0. The van der Waals surface area contributed by atoms with E-state index in [2.05, 4.69) is 0 Å². The van der Waals surface area contributed by atoms with Crippen molar-refractivity contribution in [2.75, 3.05) is 6.61 Å². The average Bonchev–Trinajstić information content (AvgIpc) is 2.60. The Morgan fingerprint density at radius 3 is 2.62 bits per heavy atom. The van der Waals surface area contributed by atoms with Gasteiger partial charge in [0.1, 0.15) is 16.9 Å². The van der Waals surface area contributed by atoms with Crippen LogP contribution in [-0.2, 0) is 0 Å². The SMILES string of the molecule is CCOc1ccc(C=CC(=O)c2cc3ccccc3oc2=O)cc1. The van der Waals surface area contributed by atoms with Crippen LogP contribution in [0.15, 0.2) is 69.9 Å². The predicted octanol–water partition coefficient (Wildman–Crippen LogP) is 4.09. The van der Waals surface area contributed by atoms with Crippen molar-refractivity contribution in [3.8, 4) is 5.75 Å². The number of carbonyl (C=O) groups excluding carboxylic acids is 1. The molecule has 0 bridgehead atoms. The molecule has 0 N–H and O–H groups in total. The number of ketones is 1. The van der Waals surface area contributed by atoms with Gasteiger partial charge in [-0.3, -0.25) is 4.79 Å². The average molecular weight is 320 g/mol. The van der Waals surface area contributed by atoms with E-state index < -0.39 is 5.63 Å². The Balaban J connectivity index is 1.84. The van der Waals surface area contributed by atoms with Crippen molar-refractivity contribution >= 4 is 22.8 Å². The monoisotopic (exact) mass is 320 g/mol. The molecule has 4 heteroatoms. The Bertz CT molecular complexity index is 949. The Hall–Kier alpha value is -3.14. The number of carbonyl (C=O) groups is 1. The molecule has 0 fully saturated rings. The summed E-state index contributed by atoms with van der Waals surface area (Å²) in [6.07, 6.45) is 3.03. The van der Waals surface area contributed by atoms with E-state index in [1.165, 1.54) is 6.08 Å². The van der Waals surface area contributed by atoms with E-state index >= 15 is 0 Å². The Morgan fingerprint density at radius 2 is 1.88 bits per heavy atom. The summed E-state index contributed by atoms with van der Waals surface area (Å²) < 4.78 is 10.5. The molecule has 0 aliphatic rings. The second-order valence-electron chi connectivity index (χ2n) is 5.18. The molecule has 1 heterocycles. The summed E-state index contributed by atoms with van der Waals surface area (Å²) in [5.41, 5.74) is 0.706. The Kier molecular flexibility index (Phi) is 4.57. The number of allylic oxidation sites excluding steroid dienone is 1. The first-order valence-electron chi connectivity index (χ1n) is 7.65. The molecular weight excluding hydrogens is 304 g/mol. The minimum absolute atomic E-state index is 0.0240. The van der Waals surface area contributed by atoms with Crippen molar-refractivity contribution < 1.29 is 13.9 Å². The third kappa shape index (κ3) is 3.43. The molecule has 4 nitrogen and oxygen atoms in total. The van der Waals surface area contributed by atoms with Gasteiger partial charge in [-0.2, -0.15) is 0 Å². The van der Waals surface area contributed by atoms with Gasteiger partial charge in [-0.1, -0.05) is 36.4 Å². The first-order valence-corrected chi connectivity index (χ1v) is 7.65. The van der Waals surface area contributed by atoms with Crippen LogP contribution in [0.1, 0.15) is 22.8 Å². The number of hydrogen-bond donors (Lipinski definition) is 0. The summed E-state index contributed by atoms with van der Waals surface area (Å²) in [6.45, 7) is 2.52. The maximum atomic E-state index is 12.3. The predicted molar refractivity (Wildman–Crippen MR) is 93.5 cm³/mol. The van der Waals surface area contributed by atoms with Gasteiger partial charge in [0.2, 0.25) is 0 Å². The van der Waals surface area contributed by atoms with Crippen molar-refractivity contribution in [1.29, 1.82) is 0 Å². The zero-order valence-electron chi connectivity index (χ0n) is 13.2. The summed E-state index contributed by atoms with van der Waals surface area (Å²) in [7, 11) is 0. The van der Waals surface area contributed by atoms with Crippen molar-refractivity contribution in [3.63, 3.8) is 0 Å². The van der Waals surface area contributed by atoms with Crippen LogP contribution in [0, 0.1) is 0 Å². The summed E-state index contributed by atoms with van der Waals surface area (Å²) in [6, 6.07) is 16.0. The fraction of sp³-hybridized carbons (Fsp3) is 0.100. The number of ether oxygens (including phenoxy) is 1. The highest BCUT2D eigenvalue weighted by Crippen LogP contribution is 2.15. The van der Waals surface area contributed by atoms with Gasteiger partial charge in [-0.15, -0.1) is 0 Å². The second kappa shape index (κ2) is 6.96. The summed E-state index contributed by atoms with van der Waals surface area (Å²) in [5.74, 6) is 0.388. The van der Waals surface area contributed by atoms with Gasteiger partial charge in [0.25, 0.3) is 0 Å². The highest BCUT2D eigenvalue weighted by molar-refractivity contribution is 6.07. The quantitative estimate of drug-likeness (QED) is 0.404. The number of para-hydroxylation sites is 1. The van der Waals surface area contributed by atoms with Gasteiger partial charge >= 0.3 is 5.63 Å². The molecule has 0 saturated carbocycles. The van der Waals surface area contributed by atoms with E-state index in [0.717, 1.165) is 16.7 Å². The lowest BCUT2D eigenvalue weighted by atomic mass is 10.1. The molecule has 2 aromatic carbocycles. The van der Waals surface area contributed by atoms with Gasteiger partial charge in [0.05, 0.1) is 6.61 Å². The van der Waals surface area contributed by atoms with Crippen LogP contribution in [0.5, 0.6) is 5.75 Å². The normalized spacial score (nSPS) is 11.0. The third-order valence-corrected chi connectivity index (χ3v) is 3.53. The molecular formula is C20H16O4. The first-order chi connectivity index (χ1) is 11.7. The number of hydrogen-bond acceptors (Lipinski definition) is 4. The third-order valence-electron chi connectivity index (χ3n) is 3.53. The van der Waals surface area contributed by atoms with E-state index in [1.807, 2.05) is 37.3 Å². The summed E-state index contributed by atoms with van der Waals surface area (Å²) in [4.78, 5) is 24.2. The molecule has 0 atom stereocenters. The summed E-state index contributed by atoms with van der Waals surface area (Å²) in [5, 5.41) is 0.718. The van der Waals surface area contributed by atoms with Crippen LogP contribution in [0.3, 0.4) is 0 Å². The molecule has 120 valence electrons. The molecule has 1 aromatic heterocycles. The topological polar surface area (TPSA) is 56.5 Å². The van der Waals surface area contributed by atoms with Gasteiger partial charge in [-0.25, -0.2) is 4.79 Å². The van der Waals surface area contributed by atoms with Gasteiger partial charge in [-0.05, 0) is 42.8 Å². The maximum absolute atomic E-state index is 12.3. The van der Waals surface area contributed by atoms with E-state index in [4.69, 9.17) is 9.15 Å². The van der Waals surface area contributed by atoms with Crippen LogP contribution < -0.4 is 10.4 Å². The van der Waals surface area contributed by atoms with Crippen LogP contribution in [0.25, 0.3) is 17.0 Å². The highest BCUT2D eigenvalue weighted by atomic mass is 16.5. The van der Waals surface area contributed by atoms with Crippen LogP contribution in [0.4, 0.5) is 0 Å². The zero-order chi connectivity index (χ0) is 16.9. The zero-order valence-corrected chi connectivity index (χ0v) is 13.2. The fourth-order valence-electron chi connectivity index (χ4n) is 2.34. The van der Waals surface area contributed by atoms with Crippen LogP contribution >= 0.6 is 0 Å². The Morgan fingerprint density at radius 1 is 1.12 bits per heavy atom. The Labute approximate surface area is 139 Å². The van der Waals surface area contributed by atoms with E-state index in [-0.39, 0.29) is 11.3 Å². The standard InChI is InChI=1S/C20H16O4/c1-2-23-16-10-7-14(8-11-16)9-12-18(21)17-13-15-5-3-4-6-19(15)24-20(17)22/h3-13H,2H2,1H3. The lowest BCUT2D eigenvalue weighted by molar-refractivity contribution is 0.104. The molecule has 3 aromatic rings. The van der Waals surface area contributed by atoms with Crippen molar-refractivity contribution in [1.82, 2.24) is 0 Å². The van der Waals surface area contributed by atoms with Crippen molar-refractivity contribution in [2.45, 2.75) is 6.92 Å². The second-order valence-corrected chi connectivity index (χ2v) is 5.18. The molecule has 0 radical (unpaired) electrons. The molecule has 0 aliphatic carbocycles. The molecule has 24 heavy (non-hydrogen) atoms. The number of fused-ring (bicyclic) bond motifs is 1. The van der Waals surface area contributed by atoms with Gasteiger partial charge in [0, 0.05) is 5.39 Å². The molecule has 0 saturated heterocycles. The number of rotatable bonds is 5. The largest absolute Gasteiger partial charge is 0.494 e. The minimum atomic E-state index is -0.630. The molecule has 0 amide bonds. The van der Waals surface area contributed by atoms with E-state index in [0.29, 0.717) is 12.2 Å². The highest BCUT2D eigenvalue weighted by Gasteiger charge is 2.10. The lowest BCUT2D eigenvalue weighted by Crippen LogP contribution is -2.11. The van der Waals surface area contributed by atoms with Gasteiger partial charge < -0.3 is 9.15 Å². The van der Waals surface area contributed by atoms with E-state index in [1.54, 1.807) is 30.3 Å². The maximum Gasteiger partial charge on any atom is 0.347 e. The first kappa shape index (κ1) is 15.7. The van der Waals surface area contributed by atoms with Crippen molar-refractivity contribution in [2.24, 2.45) is 0 Å². The fourth-order valence-corrected chi connectivity index (χ4v) is 2.34. The smallest absolute Gasteiger partial charge is 0.347 e. The molecule has 3 rings (SSSR count). The van der Waals surface area contributed by atoms with Crippen LogP contribution in [0.2, 0.25) is 0 Å².